The Bertz CT molecular complexity index is 1000. The van der Waals surface area contributed by atoms with Gasteiger partial charge in [-0.3, -0.25) is 24.0 Å². The van der Waals surface area contributed by atoms with Gasteiger partial charge in [-0.05, 0) is 89.8 Å². The third-order valence-corrected chi connectivity index (χ3v) is 7.41. The molecule has 0 heterocycles. The summed E-state index contributed by atoms with van der Waals surface area (Å²) < 4.78 is 0. The Morgan fingerprint density at radius 1 is 0.521 bits per heavy atom. The summed E-state index contributed by atoms with van der Waals surface area (Å²) in [4.78, 5) is 77.0. The summed E-state index contributed by atoms with van der Waals surface area (Å²) >= 11 is 0. The number of amides is 5. The third-order valence-electron chi connectivity index (χ3n) is 7.41. The summed E-state index contributed by atoms with van der Waals surface area (Å²) in [7, 11) is 0. The number of rotatable bonds is 27. The van der Waals surface area contributed by atoms with Crippen LogP contribution in [0.3, 0.4) is 0 Å². The van der Waals surface area contributed by atoms with Crippen molar-refractivity contribution >= 4 is 35.5 Å². The van der Waals surface area contributed by atoms with Crippen LogP contribution in [0, 0.1) is 5.92 Å². The lowest BCUT2D eigenvalue weighted by Crippen LogP contribution is -2.60. The van der Waals surface area contributed by atoms with Gasteiger partial charge in [-0.2, -0.15) is 0 Å². The van der Waals surface area contributed by atoms with Crippen molar-refractivity contribution in [1.29, 1.82) is 0 Å². The van der Waals surface area contributed by atoms with Crippen molar-refractivity contribution in [2.75, 3.05) is 32.8 Å². The Kier molecular flexibility index (Phi) is 23.8. The number of aliphatic carboxylic acids is 1. The molecular weight excluding hydrogens is 630 g/mol. The van der Waals surface area contributed by atoms with Crippen LogP contribution in [0.5, 0.6) is 0 Å². The zero-order valence-corrected chi connectivity index (χ0v) is 28.2. The molecule has 0 bridgehead atoms. The second-order valence-electron chi connectivity index (χ2n) is 12.1. The molecule has 0 rings (SSSR count). The molecule has 0 saturated carbocycles. The first-order chi connectivity index (χ1) is 22.7. The molecule has 48 heavy (non-hydrogen) atoms. The van der Waals surface area contributed by atoms with Crippen LogP contribution in [0.2, 0.25) is 0 Å². The standard InChI is InChI=1S/C30H59N9O9/c1-18(2)15-23(30(47)48)38-27(44)21(10-4-7-13-32)37-29(46)24(17-41)39-28(45)22(11-5-8-14-33)36-26(43)20(9-3-6-12-31)35-25(42)19(34)16-40/h18-24,40-41H,3-17,31-34H2,1-2H3,(H,35,42)(H,36,43)(H,37,46)(H,38,44)(H,39,45)(H,47,48)/t19-,20-,21-,22-,23-,24-/m0/s1. The normalized spacial score (nSPS) is 14.9. The van der Waals surface area contributed by atoms with E-state index in [0.717, 1.165) is 0 Å². The smallest absolute Gasteiger partial charge is 0.326 e. The first-order valence-corrected chi connectivity index (χ1v) is 16.6. The van der Waals surface area contributed by atoms with Gasteiger partial charge >= 0.3 is 5.97 Å². The highest BCUT2D eigenvalue weighted by molar-refractivity contribution is 5.96. The Morgan fingerprint density at radius 2 is 0.854 bits per heavy atom. The molecule has 278 valence electrons. The fraction of sp³-hybridized carbons (Fsp3) is 0.800. The average Bonchev–Trinajstić information content (AvgIpc) is 3.04. The molecular formula is C30H59N9O9. The lowest BCUT2D eigenvalue weighted by Gasteiger charge is -2.27. The highest BCUT2D eigenvalue weighted by Crippen LogP contribution is 2.09. The number of carboxylic acid groups (broad SMARTS) is 1. The fourth-order valence-corrected chi connectivity index (χ4v) is 4.62. The SMILES string of the molecule is CC(C)C[C@H](NC(=O)[C@H](CCCCN)NC(=O)[C@H](CO)NC(=O)[C@H](CCCCN)NC(=O)[C@H](CCCCN)NC(=O)[C@@H](N)CO)C(=O)O. The van der Waals surface area contributed by atoms with E-state index in [0.29, 0.717) is 58.2 Å². The van der Waals surface area contributed by atoms with Crippen LogP contribution in [-0.4, -0.2) is 120 Å². The van der Waals surface area contributed by atoms with Gasteiger partial charge < -0.3 is 64.8 Å². The summed E-state index contributed by atoms with van der Waals surface area (Å²) in [6.07, 6.45) is 3.43. The molecule has 0 saturated heterocycles. The van der Waals surface area contributed by atoms with Gasteiger partial charge in [0.05, 0.1) is 13.2 Å². The lowest BCUT2D eigenvalue weighted by molar-refractivity contribution is -0.143. The van der Waals surface area contributed by atoms with E-state index in [1.807, 2.05) is 0 Å². The Hall–Kier alpha value is -3.42. The largest absolute Gasteiger partial charge is 0.480 e. The fourth-order valence-electron chi connectivity index (χ4n) is 4.62. The van der Waals surface area contributed by atoms with E-state index in [1.165, 1.54) is 0 Å². The van der Waals surface area contributed by atoms with Crippen molar-refractivity contribution in [2.45, 2.75) is 114 Å². The minimum Gasteiger partial charge on any atom is -0.480 e. The van der Waals surface area contributed by atoms with Crippen molar-refractivity contribution in [3.63, 3.8) is 0 Å². The van der Waals surface area contributed by atoms with Crippen LogP contribution >= 0.6 is 0 Å². The molecule has 0 unspecified atom stereocenters. The number of aliphatic hydroxyl groups excluding tert-OH is 2. The van der Waals surface area contributed by atoms with Gasteiger partial charge in [0.15, 0.2) is 0 Å². The number of carbonyl (C=O) groups excluding carboxylic acids is 5. The summed E-state index contributed by atoms with van der Waals surface area (Å²) in [6.45, 7) is 3.08. The second kappa shape index (κ2) is 25.6. The van der Waals surface area contributed by atoms with Crippen molar-refractivity contribution in [1.82, 2.24) is 26.6 Å². The van der Waals surface area contributed by atoms with Crippen molar-refractivity contribution in [3.05, 3.63) is 0 Å². The topological polar surface area (TPSA) is 327 Å². The molecule has 0 fully saturated rings. The molecule has 5 amide bonds. The van der Waals surface area contributed by atoms with E-state index in [4.69, 9.17) is 22.9 Å². The quantitative estimate of drug-likeness (QED) is 0.0369. The molecule has 0 aliphatic heterocycles. The van der Waals surface area contributed by atoms with Crippen LogP contribution in [0.25, 0.3) is 0 Å². The van der Waals surface area contributed by atoms with Gasteiger partial charge in [0, 0.05) is 0 Å². The maximum Gasteiger partial charge on any atom is 0.326 e. The van der Waals surface area contributed by atoms with Crippen LogP contribution in [0.15, 0.2) is 0 Å². The van der Waals surface area contributed by atoms with Crippen molar-refractivity contribution < 1.29 is 44.1 Å². The molecule has 18 heteroatoms. The number of nitrogens with two attached hydrogens (primary N) is 4. The minimum absolute atomic E-state index is 0.0421. The highest BCUT2D eigenvalue weighted by atomic mass is 16.4. The highest BCUT2D eigenvalue weighted by Gasteiger charge is 2.32. The van der Waals surface area contributed by atoms with Crippen molar-refractivity contribution in [3.8, 4) is 0 Å². The van der Waals surface area contributed by atoms with Crippen LogP contribution in [-0.2, 0) is 28.8 Å². The zero-order chi connectivity index (χ0) is 36.6. The van der Waals surface area contributed by atoms with E-state index in [2.05, 4.69) is 26.6 Å². The Balaban J connectivity index is 5.92. The molecule has 6 atom stereocenters. The van der Waals surface area contributed by atoms with Crippen molar-refractivity contribution in [2.24, 2.45) is 28.9 Å². The number of carbonyl (C=O) groups is 6. The van der Waals surface area contributed by atoms with E-state index < -0.39 is 85.0 Å². The van der Waals surface area contributed by atoms with Crippen LogP contribution in [0.4, 0.5) is 0 Å². The molecule has 0 aromatic heterocycles. The summed E-state index contributed by atoms with van der Waals surface area (Å²) in [5.41, 5.74) is 22.3. The first kappa shape index (κ1) is 44.6. The van der Waals surface area contributed by atoms with Gasteiger partial charge in [-0.15, -0.1) is 0 Å². The van der Waals surface area contributed by atoms with Crippen LogP contribution in [0.1, 0.15) is 78.1 Å². The molecule has 0 aliphatic carbocycles. The predicted octanol–water partition coefficient (Wildman–Crippen LogP) is -3.76. The van der Waals surface area contributed by atoms with Crippen LogP contribution < -0.4 is 49.5 Å². The Labute approximate surface area is 282 Å². The first-order valence-electron chi connectivity index (χ1n) is 16.6. The molecule has 0 aliphatic rings. The van der Waals surface area contributed by atoms with Gasteiger partial charge in [-0.1, -0.05) is 13.8 Å². The summed E-state index contributed by atoms with van der Waals surface area (Å²) in [5, 5.41) is 41.2. The molecule has 0 aromatic carbocycles. The second-order valence-corrected chi connectivity index (χ2v) is 12.1. The number of unbranched alkanes of at least 4 members (excludes halogenated alkanes) is 3. The number of nitrogens with one attached hydrogen (secondary N) is 5. The molecule has 18 nitrogen and oxygen atoms in total. The maximum atomic E-state index is 13.4. The van der Waals surface area contributed by atoms with Gasteiger partial charge in [-0.25, -0.2) is 4.79 Å². The number of aliphatic hydroxyl groups is 2. The molecule has 0 spiro atoms. The van der Waals surface area contributed by atoms with Gasteiger partial charge in [0.25, 0.3) is 0 Å². The monoisotopic (exact) mass is 689 g/mol. The minimum atomic E-state index is -1.54. The number of hydrogen-bond acceptors (Lipinski definition) is 12. The number of carboxylic acids is 1. The Morgan fingerprint density at radius 3 is 1.17 bits per heavy atom. The van der Waals surface area contributed by atoms with E-state index in [-0.39, 0.29) is 31.6 Å². The lowest BCUT2D eigenvalue weighted by atomic mass is 10.0. The van der Waals surface area contributed by atoms with E-state index in [1.54, 1.807) is 13.8 Å². The van der Waals surface area contributed by atoms with Gasteiger partial charge in [0.1, 0.15) is 36.3 Å². The predicted molar refractivity (Wildman–Crippen MR) is 178 cm³/mol. The zero-order valence-electron chi connectivity index (χ0n) is 28.2. The third kappa shape index (κ3) is 18.2. The molecule has 16 N–H and O–H groups in total. The number of hydrogen-bond donors (Lipinski definition) is 12. The van der Waals surface area contributed by atoms with E-state index in [9.17, 15) is 44.1 Å². The van der Waals surface area contributed by atoms with E-state index >= 15 is 0 Å². The maximum absolute atomic E-state index is 13.4. The molecule has 0 radical (unpaired) electrons. The summed E-state index contributed by atoms with van der Waals surface area (Å²) in [6, 6.07) is -7.50. The average molecular weight is 690 g/mol. The van der Waals surface area contributed by atoms with Gasteiger partial charge in [0.2, 0.25) is 29.5 Å². The molecule has 0 aromatic rings. The summed E-state index contributed by atoms with van der Waals surface area (Å²) in [5.74, 6) is -5.23.